The minimum atomic E-state index is -1.54. The van der Waals surface area contributed by atoms with Crippen molar-refractivity contribution in [2.75, 3.05) is 13.2 Å². The summed E-state index contributed by atoms with van der Waals surface area (Å²) in [5.41, 5.74) is -0.281. The fourth-order valence-corrected chi connectivity index (χ4v) is 2.13. The molecule has 6 nitrogen and oxygen atoms in total. The second-order valence-corrected chi connectivity index (χ2v) is 5.16. The molecule has 0 aliphatic heterocycles. The van der Waals surface area contributed by atoms with Gasteiger partial charge in [-0.25, -0.2) is 0 Å². The van der Waals surface area contributed by atoms with Gasteiger partial charge in [-0.15, -0.1) is 0 Å². The van der Waals surface area contributed by atoms with Crippen LogP contribution < -0.4 is 0 Å². The van der Waals surface area contributed by atoms with Crippen LogP contribution in [-0.4, -0.2) is 36.2 Å². The number of benzene rings is 1. The maximum absolute atomic E-state index is 12.3. The Kier molecular flexibility index (Phi) is 6.75. The Balaban J connectivity index is 3.09. The second kappa shape index (κ2) is 8.31. The molecule has 0 amide bonds. The van der Waals surface area contributed by atoms with Crippen molar-refractivity contribution in [2.45, 2.75) is 39.0 Å². The van der Waals surface area contributed by atoms with E-state index < -0.39 is 23.3 Å². The molecule has 1 aromatic rings. The predicted octanol–water partition coefficient (Wildman–Crippen LogP) is 2.09. The molecule has 0 heterocycles. The van der Waals surface area contributed by atoms with Gasteiger partial charge in [0.05, 0.1) is 13.2 Å². The van der Waals surface area contributed by atoms with Crippen LogP contribution in [0.3, 0.4) is 0 Å². The standard InChI is InChI=1S/C17H22O6/c1-4-22-15(20)17(3,16(21)23-5-2)13-9-6-12(7-10-13)8-11-14(18)19/h6-7,9-10H,4-5,8,11H2,1-3H3,(H,18,19). The number of rotatable bonds is 8. The van der Waals surface area contributed by atoms with Gasteiger partial charge in [-0.05, 0) is 38.3 Å². The van der Waals surface area contributed by atoms with Gasteiger partial charge in [0, 0.05) is 6.42 Å². The van der Waals surface area contributed by atoms with E-state index in [1.165, 1.54) is 6.92 Å². The molecule has 0 radical (unpaired) electrons. The number of carboxylic acid groups (broad SMARTS) is 1. The van der Waals surface area contributed by atoms with E-state index in [2.05, 4.69) is 0 Å². The van der Waals surface area contributed by atoms with Crippen molar-refractivity contribution in [1.29, 1.82) is 0 Å². The van der Waals surface area contributed by atoms with Crippen molar-refractivity contribution in [3.05, 3.63) is 35.4 Å². The lowest BCUT2D eigenvalue weighted by Gasteiger charge is -2.25. The highest BCUT2D eigenvalue weighted by molar-refractivity contribution is 6.05. The van der Waals surface area contributed by atoms with E-state index in [0.29, 0.717) is 12.0 Å². The zero-order valence-electron chi connectivity index (χ0n) is 13.6. The third kappa shape index (κ3) is 4.55. The van der Waals surface area contributed by atoms with Crippen LogP contribution in [0.5, 0.6) is 0 Å². The van der Waals surface area contributed by atoms with E-state index in [0.717, 1.165) is 5.56 Å². The van der Waals surface area contributed by atoms with E-state index >= 15 is 0 Å². The Labute approximate surface area is 135 Å². The molecule has 0 aromatic heterocycles. The van der Waals surface area contributed by atoms with E-state index in [1.807, 2.05) is 0 Å². The van der Waals surface area contributed by atoms with Crippen LogP contribution in [0, 0.1) is 0 Å². The zero-order chi connectivity index (χ0) is 17.5. The highest BCUT2D eigenvalue weighted by Crippen LogP contribution is 2.28. The van der Waals surface area contributed by atoms with Crippen molar-refractivity contribution in [3.63, 3.8) is 0 Å². The SMILES string of the molecule is CCOC(=O)C(C)(C(=O)OCC)c1ccc(CCC(=O)O)cc1. The lowest BCUT2D eigenvalue weighted by molar-refractivity contribution is -0.163. The fraction of sp³-hybridized carbons (Fsp3) is 0.471. The van der Waals surface area contributed by atoms with E-state index in [4.69, 9.17) is 14.6 Å². The maximum Gasteiger partial charge on any atom is 0.327 e. The Morgan fingerprint density at radius 1 is 1.00 bits per heavy atom. The summed E-state index contributed by atoms with van der Waals surface area (Å²) in [6.45, 7) is 5.11. The average Bonchev–Trinajstić information content (AvgIpc) is 2.53. The number of hydrogen-bond donors (Lipinski definition) is 1. The van der Waals surface area contributed by atoms with Gasteiger partial charge in [-0.2, -0.15) is 0 Å². The molecule has 0 bridgehead atoms. The maximum atomic E-state index is 12.3. The number of carbonyl (C=O) groups excluding carboxylic acids is 2. The van der Waals surface area contributed by atoms with Gasteiger partial charge in [0.15, 0.2) is 5.41 Å². The molecule has 1 N–H and O–H groups in total. The van der Waals surface area contributed by atoms with E-state index in [1.54, 1.807) is 38.1 Å². The number of carbonyl (C=O) groups is 3. The smallest absolute Gasteiger partial charge is 0.327 e. The molecule has 23 heavy (non-hydrogen) atoms. The van der Waals surface area contributed by atoms with Crippen LogP contribution in [-0.2, 0) is 35.7 Å². The summed E-state index contributed by atoms with van der Waals surface area (Å²) in [7, 11) is 0. The number of esters is 2. The topological polar surface area (TPSA) is 89.9 Å². The average molecular weight is 322 g/mol. The minimum Gasteiger partial charge on any atom is -0.481 e. The Hall–Kier alpha value is -2.37. The molecule has 0 saturated heterocycles. The van der Waals surface area contributed by atoms with Crippen molar-refractivity contribution in [1.82, 2.24) is 0 Å². The highest BCUT2D eigenvalue weighted by atomic mass is 16.6. The molecule has 1 rings (SSSR count). The Bertz CT molecular complexity index is 543. The number of aliphatic carboxylic acids is 1. The molecule has 0 aliphatic carbocycles. The van der Waals surface area contributed by atoms with Crippen molar-refractivity contribution >= 4 is 17.9 Å². The highest BCUT2D eigenvalue weighted by Gasteiger charge is 2.46. The Morgan fingerprint density at radius 2 is 1.48 bits per heavy atom. The normalized spacial score (nSPS) is 10.9. The minimum absolute atomic E-state index is 0.0202. The second-order valence-electron chi connectivity index (χ2n) is 5.16. The lowest BCUT2D eigenvalue weighted by Crippen LogP contribution is -2.43. The molecular formula is C17H22O6. The van der Waals surface area contributed by atoms with Gasteiger partial charge < -0.3 is 14.6 Å². The van der Waals surface area contributed by atoms with Gasteiger partial charge in [-0.1, -0.05) is 24.3 Å². The molecule has 1 aromatic carbocycles. The molecule has 0 spiro atoms. The van der Waals surface area contributed by atoms with Gasteiger partial charge >= 0.3 is 17.9 Å². The van der Waals surface area contributed by atoms with Crippen LogP contribution in [0.15, 0.2) is 24.3 Å². The summed E-state index contributed by atoms with van der Waals surface area (Å²) in [4.78, 5) is 35.2. The molecule has 6 heteroatoms. The van der Waals surface area contributed by atoms with Gasteiger partial charge in [-0.3, -0.25) is 14.4 Å². The van der Waals surface area contributed by atoms with Crippen LogP contribution in [0.2, 0.25) is 0 Å². The summed E-state index contributed by atoms with van der Waals surface area (Å²) < 4.78 is 10.0. The van der Waals surface area contributed by atoms with Crippen molar-refractivity contribution in [3.8, 4) is 0 Å². The van der Waals surface area contributed by atoms with E-state index in [-0.39, 0.29) is 19.6 Å². The van der Waals surface area contributed by atoms with Crippen LogP contribution in [0.1, 0.15) is 38.3 Å². The van der Waals surface area contributed by atoms with Gasteiger partial charge in [0.25, 0.3) is 0 Å². The Morgan fingerprint density at radius 3 is 1.87 bits per heavy atom. The molecule has 0 fully saturated rings. The lowest BCUT2D eigenvalue weighted by atomic mass is 9.82. The molecule has 0 unspecified atom stereocenters. The number of aryl methyl sites for hydroxylation is 1. The number of hydrogen-bond acceptors (Lipinski definition) is 5. The predicted molar refractivity (Wildman–Crippen MR) is 83.0 cm³/mol. The summed E-state index contributed by atoms with van der Waals surface area (Å²) >= 11 is 0. The van der Waals surface area contributed by atoms with E-state index in [9.17, 15) is 14.4 Å². The van der Waals surface area contributed by atoms with Gasteiger partial charge in [0.1, 0.15) is 0 Å². The molecule has 0 aliphatic rings. The largest absolute Gasteiger partial charge is 0.481 e. The van der Waals surface area contributed by atoms with Crippen LogP contribution in [0.25, 0.3) is 0 Å². The third-order valence-corrected chi connectivity index (χ3v) is 3.53. The summed E-state index contributed by atoms with van der Waals surface area (Å²) in [6, 6.07) is 6.67. The van der Waals surface area contributed by atoms with Crippen molar-refractivity contribution in [2.24, 2.45) is 0 Å². The monoisotopic (exact) mass is 322 g/mol. The summed E-state index contributed by atoms with van der Waals surface area (Å²) in [5.74, 6) is -2.22. The van der Waals surface area contributed by atoms with Crippen LogP contribution in [0.4, 0.5) is 0 Å². The molecule has 0 saturated carbocycles. The first-order valence-electron chi connectivity index (χ1n) is 7.51. The quantitative estimate of drug-likeness (QED) is 0.582. The summed E-state index contributed by atoms with van der Waals surface area (Å²) in [6.07, 6.45) is 0.400. The first kappa shape index (κ1) is 18.7. The summed E-state index contributed by atoms with van der Waals surface area (Å²) in [5, 5.41) is 8.70. The first-order valence-corrected chi connectivity index (χ1v) is 7.51. The number of carboxylic acids is 1. The molecular weight excluding hydrogens is 300 g/mol. The van der Waals surface area contributed by atoms with Gasteiger partial charge in [0.2, 0.25) is 0 Å². The molecule has 126 valence electrons. The van der Waals surface area contributed by atoms with Crippen LogP contribution >= 0.6 is 0 Å². The number of ether oxygens (including phenoxy) is 2. The fourth-order valence-electron chi connectivity index (χ4n) is 2.13. The zero-order valence-corrected chi connectivity index (χ0v) is 13.6. The third-order valence-electron chi connectivity index (χ3n) is 3.53. The molecule has 0 atom stereocenters. The first-order chi connectivity index (χ1) is 10.9. The van der Waals surface area contributed by atoms with Crippen molar-refractivity contribution < 1.29 is 29.0 Å².